The van der Waals surface area contributed by atoms with Crippen LogP contribution in [0.4, 0.5) is 11.4 Å². The molecule has 0 bridgehead atoms. The molecule has 1 fully saturated rings. The van der Waals surface area contributed by atoms with Gasteiger partial charge in [0.25, 0.3) is 15.9 Å². The zero-order valence-corrected chi connectivity index (χ0v) is 21.6. The molecule has 0 unspecified atom stereocenters. The Hall–Kier alpha value is -3.27. The van der Waals surface area contributed by atoms with Crippen molar-refractivity contribution in [2.45, 2.75) is 30.2 Å². The minimum absolute atomic E-state index is 0.0276. The summed E-state index contributed by atoms with van der Waals surface area (Å²) in [6.45, 7) is 0.724. The Bertz CT molecular complexity index is 1500. The van der Waals surface area contributed by atoms with E-state index in [4.69, 9.17) is 16.3 Å². The Labute approximate surface area is 214 Å². The lowest BCUT2D eigenvalue weighted by Crippen LogP contribution is -2.39. The zero-order chi connectivity index (χ0) is 26.1. The first-order chi connectivity index (χ1) is 17.0. The number of nitrogens with one attached hydrogen (secondary N) is 2. The number of hydrogen-bond acceptors (Lipinski definition) is 8. The fourth-order valence-corrected chi connectivity index (χ4v) is 6.07. The van der Waals surface area contributed by atoms with E-state index < -0.39 is 26.0 Å². The van der Waals surface area contributed by atoms with E-state index in [2.05, 4.69) is 4.72 Å². The fraction of sp³-hybridized carbons (Fsp3) is 0.304. The van der Waals surface area contributed by atoms with E-state index >= 15 is 0 Å². The fourth-order valence-electron chi connectivity index (χ4n) is 4.18. The SMILES string of the molecule is CS(=O)(=O)NC(=O)c1ccc2c(c1)S(=O)(=O)Nc1cc(C#N)c(Cl)cc1N1CCCC[C@H]1/C=C/CO2. The van der Waals surface area contributed by atoms with Crippen molar-refractivity contribution in [1.82, 2.24) is 4.72 Å². The van der Waals surface area contributed by atoms with Crippen LogP contribution in [-0.2, 0) is 20.0 Å². The molecule has 2 aliphatic heterocycles. The number of ether oxygens (including phenoxy) is 1. The smallest absolute Gasteiger partial charge is 0.265 e. The van der Waals surface area contributed by atoms with E-state index in [1.165, 1.54) is 18.2 Å². The molecular formula is C23H23ClN4O6S2. The number of anilines is 2. The number of nitriles is 1. The molecule has 0 spiro atoms. The third kappa shape index (κ3) is 5.59. The number of nitrogens with zero attached hydrogens (tertiary/aromatic N) is 2. The number of benzene rings is 2. The van der Waals surface area contributed by atoms with E-state index in [-0.39, 0.29) is 45.1 Å². The van der Waals surface area contributed by atoms with Crippen LogP contribution in [0.3, 0.4) is 0 Å². The van der Waals surface area contributed by atoms with Gasteiger partial charge in [-0.2, -0.15) is 5.26 Å². The summed E-state index contributed by atoms with van der Waals surface area (Å²) >= 11 is 6.32. The number of carbonyl (C=O) groups excluding carboxylic acids is 1. The van der Waals surface area contributed by atoms with Gasteiger partial charge in [0, 0.05) is 18.2 Å². The highest BCUT2D eigenvalue weighted by molar-refractivity contribution is 7.92. The maximum Gasteiger partial charge on any atom is 0.265 e. The normalized spacial score (nSPS) is 19.9. The molecule has 1 amide bonds. The molecule has 2 N–H and O–H groups in total. The van der Waals surface area contributed by atoms with E-state index in [1.807, 2.05) is 21.8 Å². The van der Waals surface area contributed by atoms with Crippen molar-refractivity contribution in [3.63, 3.8) is 0 Å². The van der Waals surface area contributed by atoms with Gasteiger partial charge in [0.1, 0.15) is 23.3 Å². The second-order valence-electron chi connectivity index (χ2n) is 8.43. The minimum Gasteiger partial charge on any atom is -0.488 e. The molecule has 190 valence electrons. The third-order valence-electron chi connectivity index (χ3n) is 5.78. The van der Waals surface area contributed by atoms with Gasteiger partial charge < -0.3 is 9.64 Å². The maximum absolute atomic E-state index is 13.6. The Morgan fingerprint density at radius 2 is 2.06 bits per heavy atom. The number of piperidine rings is 1. The number of rotatable bonds is 2. The van der Waals surface area contributed by atoms with Crippen molar-refractivity contribution in [1.29, 1.82) is 5.26 Å². The van der Waals surface area contributed by atoms with E-state index in [9.17, 15) is 26.9 Å². The average molecular weight is 551 g/mol. The Morgan fingerprint density at radius 1 is 1.28 bits per heavy atom. The highest BCUT2D eigenvalue weighted by Crippen LogP contribution is 2.38. The Kier molecular flexibility index (Phi) is 7.17. The number of fused-ring (bicyclic) bond motifs is 4. The minimum atomic E-state index is -4.37. The number of halogens is 1. The van der Waals surface area contributed by atoms with E-state index in [1.54, 1.807) is 12.1 Å². The van der Waals surface area contributed by atoms with Crippen molar-refractivity contribution in [3.05, 3.63) is 58.6 Å². The highest BCUT2D eigenvalue weighted by atomic mass is 35.5. The third-order valence-corrected chi connectivity index (χ3v) is 8.03. The molecule has 0 saturated carbocycles. The standard InChI is InChI=1S/C23H23ClN4O6S2/c1-35(30,31)27-23(29)15-7-8-21-22(12-15)36(32,33)26-19-11-16(14-25)18(24)13-20(19)28-9-3-2-5-17(28)6-4-10-34-21/h4,6-8,11-13,17,26H,2-3,5,9-10H2,1H3,(H,27,29)/b6-4+/t17-/m0/s1. The summed E-state index contributed by atoms with van der Waals surface area (Å²) in [6, 6.07) is 8.48. The summed E-state index contributed by atoms with van der Waals surface area (Å²) in [5.74, 6) is -1.02. The molecule has 36 heavy (non-hydrogen) atoms. The molecule has 2 aromatic rings. The lowest BCUT2D eigenvalue weighted by atomic mass is 10.00. The van der Waals surface area contributed by atoms with Crippen LogP contribution in [-0.4, -0.2) is 48.2 Å². The van der Waals surface area contributed by atoms with Gasteiger partial charge in [0.2, 0.25) is 10.0 Å². The van der Waals surface area contributed by atoms with Gasteiger partial charge in [-0.25, -0.2) is 21.6 Å². The van der Waals surface area contributed by atoms with Gasteiger partial charge >= 0.3 is 0 Å². The predicted octanol–water partition coefficient (Wildman–Crippen LogP) is 3.01. The molecule has 0 aromatic heterocycles. The predicted molar refractivity (Wildman–Crippen MR) is 135 cm³/mol. The van der Waals surface area contributed by atoms with Gasteiger partial charge in [-0.1, -0.05) is 17.7 Å². The number of amides is 1. The summed E-state index contributed by atoms with van der Waals surface area (Å²) in [4.78, 5) is 14.1. The number of hydrogen-bond donors (Lipinski definition) is 2. The van der Waals surface area contributed by atoms with E-state index in [0.717, 1.165) is 31.6 Å². The summed E-state index contributed by atoms with van der Waals surface area (Å²) < 4.78 is 60.2. The van der Waals surface area contributed by atoms with Crippen LogP contribution in [0.2, 0.25) is 5.02 Å². The molecule has 0 radical (unpaired) electrons. The summed E-state index contributed by atoms with van der Waals surface area (Å²) in [5.41, 5.74) is 0.563. The van der Waals surface area contributed by atoms with Crippen molar-refractivity contribution in [2.75, 3.05) is 29.0 Å². The molecule has 2 aromatic carbocycles. The van der Waals surface area contributed by atoms with Crippen molar-refractivity contribution in [3.8, 4) is 11.8 Å². The topological polar surface area (TPSA) is 146 Å². The quantitative estimate of drug-likeness (QED) is 0.543. The average Bonchev–Trinajstić information content (AvgIpc) is 2.81. The lowest BCUT2D eigenvalue weighted by Gasteiger charge is -2.37. The lowest BCUT2D eigenvalue weighted by molar-refractivity contribution is 0.0981. The van der Waals surface area contributed by atoms with Crippen LogP contribution >= 0.6 is 11.6 Å². The molecule has 4 rings (SSSR count). The summed E-state index contributed by atoms with van der Waals surface area (Å²) in [6.07, 6.45) is 7.33. The van der Waals surface area contributed by atoms with Gasteiger partial charge in [0.15, 0.2) is 0 Å². The van der Waals surface area contributed by atoms with Crippen LogP contribution in [0, 0.1) is 11.3 Å². The maximum atomic E-state index is 13.6. The van der Waals surface area contributed by atoms with Gasteiger partial charge in [0.05, 0.1) is 28.2 Å². The number of carbonyl (C=O) groups is 1. The summed E-state index contributed by atoms with van der Waals surface area (Å²) in [7, 11) is -8.24. The second-order valence-corrected chi connectivity index (χ2v) is 12.2. The Balaban J connectivity index is 1.87. The first-order valence-electron chi connectivity index (χ1n) is 11.0. The van der Waals surface area contributed by atoms with Gasteiger partial charge in [-0.05, 0) is 55.7 Å². The molecule has 2 heterocycles. The number of sulfonamides is 2. The molecule has 1 saturated heterocycles. The second kappa shape index (κ2) is 10.0. The Morgan fingerprint density at radius 3 is 2.78 bits per heavy atom. The van der Waals surface area contributed by atoms with Crippen molar-refractivity contribution < 1.29 is 26.4 Å². The van der Waals surface area contributed by atoms with Crippen LogP contribution in [0.25, 0.3) is 0 Å². The molecule has 1 atom stereocenters. The van der Waals surface area contributed by atoms with Crippen LogP contribution in [0.15, 0.2) is 47.4 Å². The molecule has 0 aliphatic carbocycles. The van der Waals surface area contributed by atoms with Gasteiger partial charge in [-0.3, -0.25) is 9.52 Å². The van der Waals surface area contributed by atoms with Crippen LogP contribution in [0.5, 0.6) is 5.75 Å². The summed E-state index contributed by atoms with van der Waals surface area (Å²) in [5, 5.41) is 9.68. The molecular weight excluding hydrogens is 528 g/mol. The first kappa shape index (κ1) is 25.8. The molecule has 13 heteroatoms. The molecule has 2 aliphatic rings. The molecule has 10 nitrogen and oxygen atoms in total. The van der Waals surface area contributed by atoms with Crippen molar-refractivity contribution >= 4 is 48.9 Å². The monoisotopic (exact) mass is 550 g/mol. The van der Waals surface area contributed by atoms with Crippen LogP contribution < -0.4 is 19.1 Å². The zero-order valence-electron chi connectivity index (χ0n) is 19.2. The highest BCUT2D eigenvalue weighted by Gasteiger charge is 2.29. The van der Waals surface area contributed by atoms with Crippen LogP contribution in [0.1, 0.15) is 35.2 Å². The van der Waals surface area contributed by atoms with Gasteiger partial charge in [-0.15, -0.1) is 0 Å². The van der Waals surface area contributed by atoms with Crippen molar-refractivity contribution in [2.24, 2.45) is 0 Å². The largest absolute Gasteiger partial charge is 0.488 e. The van der Waals surface area contributed by atoms with E-state index in [0.29, 0.717) is 12.2 Å². The first-order valence-corrected chi connectivity index (χ1v) is 14.7.